The molecule has 2 aromatic carbocycles. The van der Waals surface area contributed by atoms with Crippen LogP contribution in [0.3, 0.4) is 0 Å². The number of halogens is 1. The van der Waals surface area contributed by atoms with E-state index in [0.717, 1.165) is 0 Å². The Labute approximate surface area is 149 Å². The first-order chi connectivity index (χ1) is 12.3. The number of urea groups is 1. The van der Waals surface area contributed by atoms with Gasteiger partial charge in [0, 0.05) is 11.4 Å². The molecule has 8 heteroatoms. The molecule has 0 saturated heterocycles. The van der Waals surface area contributed by atoms with Crippen LogP contribution in [-0.2, 0) is 9.53 Å². The summed E-state index contributed by atoms with van der Waals surface area (Å²) >= 11 is 0. The van der Waals surface area contributed by atoms with Crippen molar-refractivity contribution in [2.45, 2.75) is 20.0 Å². The molecular weight excluding hydrogens is 341 g/mol. The number of anilines is 2. The highest BCUT2D eigenvalue weighted by molar-refractivity contribution is 5.97. The van der Waals surface area contributed by atoms with E-state index in [9.17, 15) is 18.8 Å². The zero-order chi connectivity index (χ0) is 19.3. The van der Waals surface area contributed by atoms with Gasteiger partial charge in [0.05, 0.1) is 5.56 Å². The Kier molecular flexibility index (Phi) is 5.90. The standard InChI is InChI=1S/C18H18FN3O4/c1-10-3-6-14(9-15(10)19)21-16(23)11(2)26-17(24)12-4-7-13(8-5-12)22-18(20)25/h3-9,11H,1-2H3,(H,21,23)(H3,20,22,25)/t11-/m0/s1. The maximum absolute atomic E-state index is 13.5. The van der Waals surface area contributed by atoms with Gasteiger partial charge in [0.15, 0.2) is 6.10 Å². The Balaban J connectivity index is 1.95. The lowest BCUT2D eigenvalue weighted by Crippen LogP contribution is -2.30. The fraction of sp³-hybridized carbons (Fsp3) is 0.167. The van der Waals surface area contributed by atoms with Crippen molar-refractivity contribution < 1.29 is 23.5 Å². The highest BCUT2D eigenvalue weighted by Crippen LogP contribution is 2.15. The second-order valence-corrected chi connectivity index (χ2v) is 5.57. The van der Waals surface area contributed by atoms with Crippen molar-refractivity contribution in [1.82, 2.24) is 0 Å². The summed E-state index contributed by atoms with van der Waals surface area (Å²) in [5.41, 5.74) is 6.33. The van der Waals surface area contributed by atoms with Crippen molar-refractivity contribution in [3.63, 3.8) is 0 Å². The molecule has 0 fully saturated rings. The molecule has 0 bridgehead atoms. The topological polar surface area (TPSA) is 111 Å². The lowest BCUT2D eigenvalue weighted by molar-refractivity contribution is -0.123. The number of primary amides is 1. The molecular formula is C18H18FN3O4. The predicted molar refractivity (Wildman–Crippen MR) is 94.3 cm³/mol. The van der Waals surface area contributed by atoms with E-state index < -0.39 is 29.8 Å². The monoisotopic (exact) mass is 359 g/mol. The summed E-state index contributed by atoms with van der Waals surface area (Å²) in [6.07, 6.45) is -1.09. The second-order valence-electron chi connectivity index (χ2n) is 5.57. The van der Waals surface area contributed by atoms with E-state index in [0.29, 0.717) is 11.3 Å². The minimum absolute atomic E-state index is 0.195. The van der Waals surface area contributed by atoms with Gasteiger partial charge in [-0.05, 0) is 55.8 Å². The Morgan fingerprint density at radius 3 is 2.23 bits per heavy atom. The van der Waals surface area contributed by atoms with Crippen LogP contribution in [0, 0.1) is 12.7 Å². The van der Waals surface area contributed by atoms with Crippen molar-refractivity contribution in [3.8, 4) is 0 Å². The molecule has 0 heterocycles. The summed E-state index contributed by atoms with van der Waals surface area (Å²) in [4.78, 5) is 34.9. The third kappa shape index (κ3) is 5.04. The lowest BCUT2D eigenvalue weighted by Gasteiger charge is -2.14. The molecule has 0 aliphatic rings. The Morgan fingerprint density at radius 2 is 1.65 bits per heavy atom. The van der Waals surface area contributed by atoms with E-state index in [1.54, 1.807) is 13.0 Å². The minimum atomic E-state index is -1.09. The molecule has 4 N–H and O–H groups in total. The van der Waals surface area contributed by atoms with E-state index in [2.05, 4.69) is 10.6 Å². The van der Waals surface area contributed by atoms with Crippen LogP contribution in [0.15, 0.2) is 42.5 Å². The van der Waals surface area contributed by atoms with Crippen molar-refractivity contribution in [2.24, 2.45) is 5.73 Å². The minimum Gasteiger partial charge on any atom is -0.449 e. The number of nitrogens with one attached hydrogen (secondary N) is 2. The average Bonchev–Trinajstić information content (AvgIpc) is 2.58. The maximum atomic E-state index is 13.5. The molecule has 0 aliphatic heterocycles. The molecule has 1 atom stereocenters. The zero-order valence-corrected chi connectivity index (χ0v) is 14.2. The smallest absolute Gasteiger partial charge is 0.338 e. The van der Waals surface area contributed by atoms with Gasteiger partial charge in [-0.2, -0.15) is 0 Å². The van der Waals surface area contributed by atoms with Gasteiger partial charge >= 0.3 is 12.0 Å². The van der Waals surface area contributed by atoms with Gasteiger partial charge in [0.2, 0.25) is 0 Å². The number of carbonyl (C=O) groups is 3. The van der Waals surface area contributed by atoms with E-state index in [-0.39, 0.29) is 11.3 Å². The number of hydrogen-bond donors (Lipinski definition) is 3. The van der Waals surface area contributed by atoms with Crippen molar-refractivity contribution in [2.75, 3.05) is 10.6 Å². The van der Waals surface area contributed by atoms with Gasteiger partial charge in [-0.15, -0.1) is 0 Å². The molecule has 136 valence electrons. The van der Waals surface area contributed by atoms with Gasteiger partial charge < -0.3 is 21.1 Å². The lowest BCUT2D eigenvalue weighted by atomic mass is 10.2. The van der Waals surface area contributed by atoms with Gasteiger partial charge in [0.1, 0.15) is 5.82 Å². The van der Waals surface area contributed by atoms with Crippen LogP contribution < -0.4 is 16.4 Å². The summed E-state index contributed by atoms with van der Waals surface area (Å²) in [7, 11) is 0. The number of carbonyl (C=O) groups excluding carboxylic acids is 3. The molecule has 0 unspecified atom stereocenters. The third-order valence-corrected chi connectivity index (χ3v) is 3.48. The number of ether oxygens (including phenoxy) is 1. The Morgan fingerprint density at radius 1 is 1.04 bits per heavy atom. The van der Waals surface area contributed by atoms with Crippen LogP contribution in [0.1, 0.15) is 22.8 Å². The largest absolute Gasteiger partial charge is 0.449 e. The van der Waals surface area contributed by atoms with Crippen LogP contribution in [0.5, 0.6) is 0 Å². The first-order valence-electron chi connectivity index (χ1n) is 7.71. The summed E-state index contributed by atoms with van der Waals surface area (Å²) in [5, 5.41) is 4.84. The molecule has 26 heavy (non-hydrogen) atoms. The summed E-state index contributed by atoms with van der Waals surface area (Å²) < 4.78 is 18.6. The number of amides is 3. The van der Waals surface area contributed by atoms with Gasteiger partial charge in [0.25, 0.3) is 5.91 Å². The molecule has 2 rings (SSSR count). The molecule has 0 spiro atoms. The second kappa shape index (κ2) is 8.11. The molecule has 0 saturated carbocycles. The van der Waals surface area contributed by atoms with Gasteiger partial charge in [-0.3, -0.25) is 4.79 Å². The first-order valence-corrected chi connectivity index (χ1v) is 7.71. The average molecular weight is 359 g/mol. The quantitative estimate of drug-likeness (QED) is 0.713. The van der Waals surface area contributed by atoms with Crippen molar-refractivity contribution in [1.29, 1.82) is 0 Å². The number of esters is 1. The van der Waals surface area contributed by atoms with Crippen LogP contribution in [0.25, 0.3) is 0 Å². The summed E-state index contributed by atoms with van der Waals surface area (Å²) in [5.74, 6) is -1.75. The van der Waals surface area contributed by atoms with Crippen LogP contribution in [-0.4, -0.2) is 24.0 Å². The normalized spacial score (nSPS) is 11.3. The van der Waals surface area contributed by atoms with Crippen LogP contribution in [0.4, 0.5) is 20.6 Å². The fourth-order valence-corrected chi connectivity index (χ4v) is 2.03. The van der Waals surface area contributed by atoms with E-state index >= 15 is 0 Å². The van der Waals surface area contributed by atoms with Gasteiger partial charge in [-0.1, -0.05) is 6.07 Å². The van der Waals surface area contributed by atoms with E-state index in [1.165, 1.54) is 43.3 Å². The highest BCUT2D eigenvalue weighted by atomic mass is 19.1. The predicted octanol–water partition coefficient (Wildman–Crippen LogP) is 2.81. The molecule has 0 radical (unpaired) electrons. The molecule has 2 aromatic rings. The fourth-order valence-electron chi connectivity index (χ4n) is 2.03. The van der Waals surface area contributed by atoms with E-state index in [4.69, 9.17) is 10.5 Å². The van der Waals surface area contributed by atoms with Crippen molar-refractivity contribution in [3.05, 3.63) is 59.4 Å². The molecule has 0 aromatic heterocycles. The summed E-state index contributed by atoms with van der Waals surface area (Å²) in [6, 6.07) is 9.34. The molecule has 7 nitrogen and oxygen atoms in total. The zero-order valence-electron chi connectivity index (χ0n) is 14.2. The number of aryl methyl sites for hydroxylation is 1. The number of nitrogens with two attached hydrogens (primary N) is 1. The first kappa shape index (κ1) is 18.9. The number of benzene rings is 2. The highest BCUT2D eigenvalue weighted by Gasteiger charge is 2.19. The molecule has 3 amide bonds. The Hall–Kier alpha value is -3.42. The van der Waals surface area contributed by atoms with Gasteiger partial charge in [-0.25, -0.2) is 14.0 Å². The SMILES string of the molecule is Cc1ccc(NC(=O)[C@H](C)OC(=O)c2ccc(NC(N)=O)cc2)cc1F. The van der Waals surface area contributed by atoms with Crippen LogP contribution >= 0.6 is 0 Å². The number of rotatable bonds is 5. The van der Waals surface area contributed by atoms with Crippen LogP contribution in [0.2, 0.25) is 0 Å². The Bertz CT molecular complexity index is 837. The third-order valence-electron chi connectivity index (χ3n) is 3.48. The molecule has 0 aliphatic carbocycles. The van der Waals surface area contributed by atoms with Crippen molar-refractivity contribution >= 4 is 29.3 Å². The summed E-state index contributed by atoms with van der Waals surface area (Å²) in [6.45, 7) is 3.01. The number of hydrogen-bond acceptors (Lipinski definition) is 4. The van der Waals surface area contributed by atoms with E-state index in [1.807, 2.05) is 0 Å². The maximum Gasteiger partial charge on any atom is 0.338 e.